The summed E-state index contributed by atoms with van der Waals surface area (Å²) >= 11 is 0. The Kier molecular flexibility index (Phi) is 8.70. The fraction of sp³-hybridized carbons (Fsp3) is 0.276. The Morgan fingerprint density at radius 3 is 2.50 bits per heavy atom. The van der Waals surface area contributed by atoms with Crippen LogP contribution in [0.2, 0.25) is 0 Å². The van der Waals surface area contributed by atoms with Crippen molar-refractivity contribution in [2.75, 3.05) is 36.4 Å². The second-order valence-corrected chi connectivity index (χ2v) is 9.50. The number of nitriles is 1. The summed E-state index contributed by atoms with van der Waals surface area (Å²) in [7, 11) is 0. The molecule has 0 aliphatic carbocycles. The van der Waals surface area contributed by atoms with Crippen LogP contribution >= 0.6 is 0 Å². The van der Waals surface area contributed by atoms with Crippen LogP contribution in [-0.2, 0) is 11.0 Å². The van der Waals surface area contributed by atoms with E-state index in [1.807, 2.05) is 6.07 Å². The molecule has 0 bridgehead atoms. The summed E-state index contributed by atoms with van der Waals surface area (Å²) in [6.45, 7) is 3.42. The highest BCUT2D eigenvalue weighted by Gasteiger charge is 2.34. The minimum absolute atomic E-state index is 0.00300. The largest absolute Gasteiger partial charge is 0.419 e. The molecule has 208 valence electrons. The second kappa shape index (κ2) is 12.2. The van der Waals surface area contributed by atoms with Crippen molar-refractivity contribution in [3.05, 3.63) is 83.7 Å². The number of halogens is 4. The average molecular weight is 554 g/mol. The number of benzene rings is 3. The SMILES string of the molecule is CC(=O)N[C@@H]1CCN(CCN(C(=O)Nc2ccc(F)c(C(F)(F)F)c2)c2ccc(-c3cccc(C#N)c3)cc2)C1. The van der Waals surface area contributed by atoms with Gasteiger partial charge < -0.3 is 10.6 Å². The summed E-state index contributed by atoms with van der Waals surface area (Å²) in [6, 6.07) is 17.8. The molecule has 1 aliphatic rings. The summed E-state index contributed by atoms with van der Waals surface area (Å²) < 4.78 is 53.4. The molecule has 40 heavy (non-hydrogen) atoms. The topological polar surface area (TPSA) is 88.5 Å². The molecule has 0 aromatic heterocycles. The van der Waals surface area contributed by atoms with Crippen LogP contribution in [0.1, 0.15) is 24.5 Å². The first-order valence-electron chi connectivity index (χ1n) is 12.6. The molecule has 0 saturated carbocycles. The lowest BCUT2D eigenvalue weighted by molar-refractivity contribution is -0.140. The van der Waals surface area contributed by atoms with Gasteiger partial charge in [-0.15, -0.1) is 0 Å². The summed E-state index contributed by atoms with van der Waals surface area (Å²) in [5, 5.41) is 14.5. The molecule has 1 heterocycles. The molecule has 1 fully saturated rings. The first-order valence-corrected chi connectivity index (χ1v) is 12.6. The Balaban J connectivity index is 1.55. The highest BCUT2D eigenvalue weighted by molar-refractivity contribution is 6.02. The van der Waals surface area contributed by atoms with Crippen molar-refractivity contribution in [3.63, 3.8) is 0 Å². The van der Waals surface area contributed by atoms with Gasteiger partial charge in [-0.25, -0.2) is 9.18 Å². The number of anilines is 2. The quantitative estimate of drug-likeness (QED) is 0.371. The molecule has 1 aliphatic heterocycles. The first-order chi connectivity index (χ1) is 19.0. The van der Waals surface area contributed by atoms with Crippen molar-refractivity contribution in [2.24, 2.45) is 0 Å². The molecule has 0 spiro atoms. The minimum Gasteiger partial charge on any atom is -0.352 e. The molecule has 2 N–H and O–H groups in total. The molecule has 3 aromatic carbocycles. The molecule has 7 nitrogen and oxygen atoms in total. The van der Waals surface area contributed by atoms with Crippen LogP contribution in [0.4, 0.5) is 33.7 Å². The number of amides is 3. The number of nitrogens with one attached hydrogen (secondary N) is 2. The summed E-state index contributed by atoms with van der Waals surface area (Å²) in [5.41, 5.74) is 0.958. The molecule has 1 saturated heterocycles. The zero-order valence-corrected chi connectivity index (χ0v) is 21.6. The zero-order chi connectivity index (χ0) is 28.9. The first kappa shape index (κ1) is 28.6. The van der Waals surface area contributed by atoms with Crippen molar-refractivity contribution in [3.8, 4) is 17.2 Å². The molecular formula is C29H27F4N5O2. The van der Waals surface area contributed by atoms with E-state index < -0.39 is 23.6 Å². The van der Waals surface area contributed by atoms with Gasteiger partial charge in [-0.05, 0) is 60.0 Å². The molecular weight excluding hydrogens is 526 g/mol. The molecule has 3 aromatic rings. The molecule has 1 atom stereocenters. The Bertz CT molecular complexity index is 1420. The van der Waals surface area contributed by atoms with E-state index in [1.54, 1.807) is 42.5 Å². The average Bonchev–Trinajstić information content (AvgIpc) is 3.36. The highest BCUT2D eigenvalue weighted by Crippen LogP contribution is 2.33. The lowest BCUT2D eigenvalue weighted by atomic mass is 10.0. The second-order valence-electron chi connectivity index (χ2n) is 9.50. The van der Waals surface area contributed by atoms with E-state index in [2.05, 4.69) is 21.6 Å². The molecule has 11 heteroatoms. The van der Waals surface area contributed by atoms with Gasteiger partial charge >= 0.3 is 12.2 Å². The monoisotopic (exact) mass is 553 g/mol. The third-order valence-corrected chi connectivity index (χ3v) is 6.59. The van der Waals surface area contributed by atoms with Gasteiger partial charge in [-0.2, -0.15) is 18.4 Å². The maximum atomic E-state index is 13.8. The van der Waals surface area contributed by atoms with E-state index >= 15 is 0 Å². The third-order valence-electron chi connectivity index (χ3n) is 6.59. The van der Waals surface area contributed by atoms with Crippen molar-refractivity contribution >= 4 is 23.3 Å². The van der Waals surface area contributed by atoms with Crippen LogP contribution in [-0.4, -0.2) is 49.1 Å². The lowest BCUT2D eigenvalue weighted by Gasteiger charge is -2.26. The van der Waals surface area contributed by atoms with Gasteiger partial charge in [0.2, 0.25) is 5.91 Å². The van der Waals surface area contributed by atoms with Gasteiger partial charge in [0.15, 0.2) is 0 Å². The maximum Gasteiger partial charge on any atom is 0.419 e. The number of carbonyl (C=O) groups is 2. The van der Waals surface area contributed by atoms with Gasteiger partial charge in [0.25, 0.3) is 0 Å². The molecule has 4 rings (SSSR count). The Morgan fingerprint density at radius 1 is 1.07 bits per heavy atom. The number of hydrogen-bond donors (Lipinski definition) is 2. The molecule has 3 amide bonds. The maximum absolute atomic E-state index is 13.8. The van der Waals surface area contributed by atoms with Gasteiger partial charge in [0.05, 0.1) is 17.2 Å². The Morgan fingerprint density at radius 2 is 1.82 bits per heavy atom. The normalized spacial score (nSPS) is 15.3. The van der Waals surface area contributed by atoms with E-state index in [4.69, 9.17) is 0 Å². The number of nitrogens with zero attached hydrogens (tertiary/aromatic N) is 3. The van der Waals surface area contributed by atoms with E-state index in [0.29, 0.717) is 43.0 Å². The predicted molar refractivity (Wildman–Crippen MR) is 143 cm³/mol. The predicted octanol–water partition coefficient (Wildman–Crippen LogP) is 5.63. The third kappa shape index (κ3) is 7.15. The smallest absolute Gasteiger partial charge is 0.352 e. The standard InChI is InChI=1S/C29H27F4N5O2/c1-19(39)35-24-11-12-37(18-24)13-14-38(28(40)36-23-7-10-27(30)26(16-23)29(31,32)33)25-8-5-21(6-9-25)22-4-2-3-20(15-22)17-34/h2-10,15-16,24H,11-14,18H2,1H3,(H,35,39)(H,36,40)/t24-/m1/s1. The number of carbonyl (C=O) groups excluding carboxylic acids is 2. The number of alkyl halides is 3. The molecule has 0 radical (unpaired) electrons. The fourth-order valence-corrected chi connectivity index (χ4v) is 4.64. The van der Waals surface area contributed by atoms with Crippen molar-refractivity contribution < 1.29 is 27.2 Å². The Hall–Kier alpha value is -4.43. The van der Waals surface area contributed by atoms with Crippen LogP contribution in [0, 0.1) is 17.1 Å². The van der Waals surface area contributed by atoms with Crippen molar-refractivity contribution in [1.29, 1.82) is 5.26 Å². The number of rotatable bonds is 7. The van der Waals surface area contributed by atoms with Crippen LogP contribution in [0.15, 0.2) is 66.7 Å². The summed E-state index contributed by atoms with van der Waals surface area (Å²) in [5.74, 6) is -1.55. The summed E-state index contributed by atoms with van der Waals surface area (Å²) in [6.07, 6.45) is -4.15. The number of hydrogen-bond acceptors (Lipinski definition) is 4. The molecule has 0 unspecified atom stereocenters. The van der Waals surface area contributed by atoms with Crippen molar-refractivity contribution in [2.45, 2.75) is 25.6 Å². The minimum atomic E-state index is -4.91. The van der Waals surface area contributed by atoms with Crippen LogP contribution in [0.25, 0.3) is 11.1 Å². The van der Waals surface area contributed by atoms with E-state index in [9.17, 15) is 32.4 Å². The van der Waals surface area contributed by atoms with Gasteiger partial charge in [0, 0.05) is 50.5 Å². The summed E-state index contributed by atoms with van der Waals surface area (Å²) in [4.78, 5) is 28.2. The van der Waals surface area contributed by atoms with Gasteiger partial charge in [-0.1, -0.05) is 24.3 Å². The number of urea groups is 1. The zero-order valence-electron chi connectivity index (χ0n) is 21.6. The van der Waals surface area contributed by atoms with Gasteiger partial charge in [-0.3, -0.25) is 14.6 Å². The fourth-order valence-electron chi connectivity index (χ4n) is 4.64. The number of likely N-dealkylation sites (tertiary alicyclic amines) is 1. The van der Waals surface area contributed by atoms with Gasteiger partial charge in [0.1, 0.15) is 5.82 Å². The Labute approximate surface area is 229 Å². The van der Waals surface area contributed by atoms with E-state index in [1.165, 1.54) is 11.8 Å². The van der Waals surface area contributed by atoms with E-state index in [0.717, 1.165) is 23.6 Å². The van der Waals surface area contributed by atoms with Crippen LogP contribution in [0.3, 0.4) is 0 Å². The van der Waals surface area contributed by atoms with Crippen LogP contribution < -0.4 is 15.5 Å². The van der Waals surface area contributed by atoms with Crippen molar-refractivity contribution in [1.82, 2.24) is 10.2 Å². The highest BCUT2D eigenvalue weighted by atomic mass is 19.4. The lowest BCUT2D eigenvalue weighted by Crippen LogP contribution is -2.42. The van der Waals surface area contributed by atoms with Crippen LogP contribution in [0.5, 0.6) is 0 Å². The van der Waals surface area contributed by atoms with E-state index in [-0.39, 0.29) is 24.2 Å².